The Kier molecular flexibility index (Phi) is 6.13. The van der Waals surface area contributed by atoms with E-state index in [2.05, 4.69) is 20.5 Å². The molecule has 1 N–H and O–H groups in total. The van der Waals surface area contributed by atoms with E-state index < -0.39 is 0 Å². The van der Waals surface area contributed by atoms with Gasteiger partial charge in [0.1, 0.15) is 10.7 Å². The van der Waals surface area contributed by atoms with Gasteiger partial charge in [0.15, 0.2) is 11.5 Å². The number of carbonyl (C=O) groups is 1. The van der Waals surface area contributed by atoms with E-state index in [0.717, 1.165) is 28.4 Å². The first kappa shape index (κ1) is 19.9. The van der Waals surface area contributed by atoms with Crippen molar-refractivity contribution in [3.05, 3.63) is 70.6 Å². The Bertz CT molecular complexity index is 1140. The molecule has 6 nitrogen and oxygen atoms in total. The number of amides is 1. The fraction of sp³-hybridized carbons (Fsp3) is 0.200. The molecule has 4 aromatic rings. The number of thioether (sulfide) groups is 1. The predicted molar refractivity (Wildman–Crippen MR) is 119 cm³/mol. The Hall–Kier alpha value is -2.42. The summed E-state index contributed by atoms with van der Waals surface area (Å²) in [7, 11) is 0. The first-order valence-corrected chi connectivity index (χ1v) is 11.6. The van der Waals surface area contributed by atoms with Crippen LogP contribution in [0.3, 0.4) is 0 Å². The number of thiazole rings is 1. The van der Waals surface area contributed by atoms with Crippen molar-refractivity contribution in [3.63, 3.8) is 0 Å². The maximum absolute atomic E-state index is 12.9. The lowest BCUT2D eigenvalue weighted by molar-refractivity contribution is 0.0929. The van der Waals surface area contributed by atoms with Crippen LogP contribution < -0.4 is 5.32 Å². The van der Waals surface area contributed by atoms with Crippen molar-refractivity contribution in [3.8, 4) is 10.6 Å². The SMILES string of the molecule is CSCCC(NC(=O)c1csc(-c2cccc(Cl)c2)n1)c1nnc2ccccn12. The van der Waals surface area contributed by atoms with Crippen LogP contribution in [0.25, 0.3) is 16.2 Å². The molecule has 1 aromatic carbocycles. The highest BCUT2D eigenvalue weighted by Crippen LogP contribution is 2.26. The topological polar surface area (TPSA) is 72.2 Å². The Labute approximate surface area is 181 Å². The van der Waals surface area contributed by atoms with Crippen LogP contribution in [0.15, 0.2) is 54.0 Å². The zero-order valence-corrected chi connectivity index (χ0v) is 18.0. The summed E-state index contributed by atoms with van der Waals surface area (Å²) in [6.07, 6.45) is 4.69. The molecule has 1 atom stereocenters. The summed E-state index contributed by atoms with van der Waals surface area (Å²) >= 11 is 9.21. The van der Waals surface area contributed by atoms with Crippen molar-refractivity contribution in [2.45, 2.75) is 12.5 Å². The van der Waals surface area contributed by atoms with Gasteiger partial charge in [0.2, 0.25) is 0 Å². The molecule has 3 aromatic heterocycles. The number of nitrogens with zero attached hydrogens (tertiary/aromatic N) is 4. The zero-order valence-electron chi connectivity index (χ0n) is 15.6. The molecular weight excluding hydrogens is 426 g/mol. The Morgan fingerprint density at radius 2 is 2.17 bits per heavy atom. The van der Waals surface area contributed by atoms with Gasteiger partial charge in [-0.05, 0) is 42.7 Å². The van der Waals surface area contributed by atoms with Crippen molar-refractivity contribution in [1.29, 1.82) is 0 Å². The van der Waals surface area contributed by atoms with Gasteiger partial charge >= 0.3 is 0 Å². The third-order valence-corrected chi connectivity index (χ3v) is 6.15. The second kappa shape index (κ2) is 8.94. The third kappa shape index (κ3) is 4.44. The molecular formula is C20H18ClN5OS2. The minimum absolute atomic E-state index is 0.228. The van der Waals surface area contributed by atoms with Gasteiger partial charge in [-0.2, -0.15) is 11.8 Å². The van der Waals surface area contributed by atoms with Crippen molar-refractivity contribution >= 4 is 46.3 Å². The lowest BCUT2D eigenvalue weighted by Gasteiger charge is -2.16. The second-order valence-electron chi connectivity index (χ2n) is 6.34. The standard InChI is InChI=1S/C20H18ClN5OS2/c1-28-10-8-15(18-25-24-17-7-2-3-9-26(17)18)22-19(27)16-12-29-20(23-16)13-5-4-6-14(21)11-13/h2-7,9,11-12,15H,8,10H2,1H3,(H,22,27). The highest BCUT2D eigenvalue weighted by Gasteiger charge is 2.22. The van der Waals surface area contributed by atoms with Gasteiger partial charge in [-0.25, -0.2) is 4.98 Å². The van der Waals surface area contributed by atoms with Crippen molar-refractivity contribution in [2.75, 3.05) is 12.0 Å². The quantitative estimate of drug-likeness (QED) is 0.447. The van der Waals surface area contributed by atoms with Gasteiger partial charge in [-0.15, -0.1) is 21.5 Å². The molecule has 0 fully saturated rings. The Morgan fingerprint density at radius 3 is 3.00 bits per heavy atom. The van der Waals surface area contributed by atoms with Crippen molar-refractivity contribution in [1.82, 2.24) is 24.9 Å². The number of nitrogens with one attached hydrogen (secondary N) is 1. The van der Waals surface area contributed by atoms with Crippen LogP contribution in [-0.2, 0) is 0 Å². The number of hydrogen-bond donors (Lipinski definition) is 1. The number of hydrogen-bond acceptors (Lipinski definition) is 6. The van der Waals surface area contributed by atoms with E-state index in [9.17, 15) is 4.79 Å². The van der Waals surface area contributed by atoms with Crippen LogP contribution in [-0.4, -0.2) is 37.5 Å². The predicted octanol–water partition coefficient (Wildman–Crippen LogP) is 4.73. The number of carbonyl (C=O) groups excluding carboxylic acids is 1. The van der Waals surface area contributed by atoms with E-state index in [1.807, 2.05) is 59.3 Å². The van der Waals surface area contributed by atoms with Gasteiger partial charge < -0.3 is 5.32 Å². The lowest BCUT2D eigenvalue weighted by atomic mass is 10.2. The number of rotatable bonds is 7. The average molecular weight is 444 g/mol. The minimum Gasteiger partial charge on any atom is -0.341 e. The van der Waals surface area contributed by atoms with Gasteiger partial charge in [-0.3, -0.25) is 9.20 Å². The second-order valence-corrected chi connectivity index (χ2v) is 8.62. The summed E-state index contributed by atoms with van der Waals surface area (Å²) < 4.78 is 1.91. The smallest absolute Gasteiger partial charge is 0.271 e. The van der Waals surface area contributed by atoms with Crippen molar-refractivity contribution in [2.24, 2.45) is 0 Å². The van der Waals surface area contributed by atoms with Crippen LogP contribution in [0.2, 0.25) is 5.02 Å². The van der Waals surface area contributed by atoms with Crippen LogP contribution in [0.1, 0.15) is 28.8 Å². The minimum atomic E-state index is -0.260. The molecule has 1 unspecified atom stereocenters. The molecule has 0 bridgehead atoms. The zero-order chi connectivity index (χ0) is 20.2. The molecule has 0 saturated heterocycles. The monoisotopic (exact) mass is 443 g/mol. The number of benzene rings is 1. The number of halogens is 1. The van der Waals surface area contributed by atoms with E-state index in [0.29, 0.717) is 16.5 Å². The summed E-state index contributed by atoms with van der Waals surface area (Å²) in [5.74, 6) is 1.37. The van der Waals surface area contributed by atoms with Crippen LogP contribution in [0.5, 0.6) is 0 Å². The van der Waals surface area contributed by atoms with Gasteiger partial charge in [0, 0.05) is 22.2 Å². The molecule has 0 aliphatic carbocycles. The Morgan fingerprint density at radius 1 is 1.28 bits per heavy atom. The van der Waals surface area contributed by atoms with Crippen molar-refractivity contribution < 1.29 is 4.79 Å². The van der Waals surface area contributed by atoms with E-state index in [-0.39, 0.29) is 11.9 Å². The molecule has 0 aliphatic heterocycles. The first-order valence-electron chi connectivity index (χ1n) is 8.96. The molecule has 4 rings (SSSR count). The van der Waals surface area contributed by atoms with E-state index in [1.165, 1.54) is 11.3 Å². The van der Waals surface area contributed by atoms with Gasteiger partial charge in [0.05, 0.1) is 6.04 Å². The van der Waals surface area contributed by atoms with Crippen LogP contribution >= 0.6 is 34.7 Å². The molecule has 0 radical (unpaired) electrons. The molecule has 0 spiro atoms. The summed E-state index contributed by atoms with van der Waals surface area (Å²) in [5.41, 5.74) is 2.03. The summed E-state index contributed by atoms with van der Waals surface area (Å²) in [4.78, 5) is 17.4. The molecule has 0 aliphatic rings. The molecule has 148 valence electrons. The van der Waals surface area contributed by atoms with Crippen LogP contribution in [0.4, 0.5) is 0 Å². The third-order valence-electron chi connectivity index (χ3n) is 4.38. The Balaban J connectivity index is 1.57. The fourth-order valence-electron chi connectivity index (χ4n) is 2.96. The van der Waals surface area contributed by atoms with Gasteiger partial charge in [-0.1, -0.05) is 29.8 Å². The molecule has 0 saturated carbocycles. The summed E-state index contributed by atoms with van der Waals surface area (Å²) in [6, 6.07) is 12.9. The van der Waals surface area contributed by atoms with E-state index in [4.69, 9.17) is 11.6 Å². The lowest BCUT2D eigenvalue weighted by Crippen LogP contribution is -2.30. The highest BCUT2D eigenvalue weighted by atomic mass is 35.5. The molecule has 3 heterocycles. The molecule has 1 amide bonds. The van der Waals surface area contributed by atoms with E-state index >= 15 is 0 Å². The fourth-order valence-corrected chi connectivity index (χ4v) is 4.42. The maximum Gasteiger partial charge on any atom is 0.271 e. The largest absolute Gasteiger partial charge is 0.341 e. The van der Waals surface area contributed by atoms with Gasteiger partial charge in [0.25, 0.3) is 5.91 Å². The number of fused-ring (bicyclic) bond motifs is 1. The van der Waals surface area contributed by atoms with E-state index in [1.54, 1.807) is 17.1 Å². The average Bonchev–Trinajstić information content (AvgIpc) is 3.38. The summed E-state index contributed by atoms with van der Waals surface area (Å²) in [6.45, 7) is 0. The normalized spacial score (nSPS) is 12.2. The maximum atomic E-state index is 12.9. The van der Waals surface area contributed by atoms with Crippen LogP contribution in [0, 0.1) is 0 Å². The summed E-state index contributed by atoms with van der Waals surface area (Å²) in [5, 5.41) is 14.8. The molecule has 9 heteroatoms. The number of aromatic nitrogens is 4. The molecule has 29 heavy (non-hydrogen) atoms. The number of pyridine rings is 1. The first-order chi connectivity index (χ1) is 14.2. The highest BCUT2D eigenvalue weighted by molar-refractivity contribution is 7.98.